The second-order valence-corrected chi connectivity index (χ2v) is 7.93. The maximum Gasteiger partial charge on any atom is 0.156 e. The van der Waals surface area contributed by atoms with Crippen molar-refractivity contribution in [2.24, 2.45) is 0 Å². The van der Waals surface area contributed by atoms with Gasteiger partial charge in [0.2, 0.25) is 0 Å². The highest BCUT2D eigenvalue weighted by molar-refractivity contribution is 5.39. The van der Waals surface area contributed by atoms with Crippen molar-refractivity contribution in [1.82, 2.24) is 19.9 Å². The fourth-order valence-electron chi connectivity index (χ4n) is 3.77. The van der Waals surface area contributed by atoms with Gasteiger partial charge < -0.3 is 20.5 Å². The van der Waals surface area contributed by atoms with Crippen LogP contribution in [0.2, 0.25) is 0 Å². The van der Waals surface area contributed by atoms with Crippen molar-refractivity contribution in [3.63, 3.8) is 0 Å². The van der Waals surface area contributed by atoms with E-state index in [1.54, 1.807) is 0 Å². The summed E-state index contributed by atoms with van der Waals surface area (Å²) in [6, 6.07) is 8.45. The first-order valence-corrected chi connectivity index (χ1v) is 10.3. The second-order valence-electron chi connectivity index (χ2n) is 7.93. The SMILES string of the molecule is C[C@@H]1C[C@H](N(C)CCc2cn(CCCCc3ccc(N)cc3)nn2)C[C@H](O)O1. The quantitative estimate of drug-likeness (QED) is 0.507. The lowest BCUT2D eigenvalue weighted by Crippen LogP contribution is -2.43. The van der Waals surface area contributed by atoms with Crippen molar-refractivity contribution in [1.29, 1.82) is 0 Å². The van der Waals surface area contributed by atoms with Crippen LogP contribution in [0.25, 0.3) is 0 Å². The van der Waals surface area contributed by atoms with Crippen LogP contribution in [0.1, 0.15) is 43.9 Å². The Hall–Kier alpha value is -1.96. The van der Waals surface area contributed by atoms with Crippen molar-refractivity contribution >= 4 is 5.69 Å². The number of aliphatic hydroxyl groups is 1. The molecule has 0 unspecified atom stereocenters. The predicted molar refractivity (Wildman–Crippen MR) is 110 cm³/mol. The van der Waals surface area contributed by atoms with E-state index in [0.717, 1.165) is 56.6 Å². The zero-order chi connectivity index (χ0) is 19.9. The van der Waals surface area contributed by atoms with E-state index in [1.165, 1.54) is 5.56 Å². The number of benzene rings is 1. The molecular weight excluding hydrogens is 354 g/mol. The molecule has 1 aliphatic rings. The number of aromatic nitrogens is 3. The number of ether oxygens (including phenoxy) is 1. The number of aryl methyl sites for hydroxylation is 2. The lowest BCUT2D eigenvalue weighted by Gasteiger charge is -2.36. The summed E-state index contributed by atoms with van der Waals surface area (Å²) in [4.78, 5) is 2.30. The first-order valence-electron chi connectivity index (χ1n) is 10.3. The summed E-state index contributed by atoms with van der Waals surface area (Å²) in [6.07, 6.45) is 7.24. The Morgan fingerprint density at radius 3 is 2.75 bits per heavy atom. The Kier molecular flexibility index (Phi) is 7.42. The Bertz CT molecular complexity index is 708. The molecule has 1 aliphatic heterocycles. The fraction of sp³-hybridized carbons (Fsp3) is 0.619. The van der Waals surface area contributed by atoms with Crippen molar-refractivity contribution < 1.29 is 9.84 Å². The lowest BCUT2D eigenvalue weighted by atomic mass is 10.0. The van der Waals surface area contributed by atoms with Gasteiger partial charge in [0.25, 0.3) is 0 Å². The van der Waals surface area contributed by atoms with Gasteiger partial charge in [0.1, 0.15) is 0 Å². The Labute approximate surface area is 167 Å². The normalized spacial score (nSPS) is 22.6. The molecule has 0 aliphatic carbocycles. The van der Waals surface area contributed by atoms with E-state index in [0.29, 0.717) is 12.5 Å². The van der Waals surface area contributed by atoms with Gasteiger partial charge in [-0.2, -0.15) is 0 Å². The molecule has 0 spiro atoms. The number of anilines is 1. The van der Waals surface area contributed by atoms with Gasteiger partial charge in [-0.3, -0.25) is 4.68 Å². The van der Waals surface area contributed by atoms with E-state index in [-0.39, 0.29) is 6.10 Å². The van der Waals surface area contributed by atoms with E-state index >= 15 is 0 Å². The molecule has 7 heteroatoms. The summed E-state index contributed by atoms with van der Waals surface area (Å²) in [7, 11) is 2.11. The monoisotopic (exact) mass is 387 g/mol. The van der Waals surface area contributed by atoms with Gasteiger partial charge in [-0.25, -0.2) is 0 Å². The number of nitrogens with zero attached hydrogens (tertiary/aromatic N) is 4. The lowest BCUT2D eigenvalue weighted by molar-refractivity contribution is -0.173. The van der Waals surface area contributed by atoms with Crippen LogP contribution in [0.4, 0.5) is 5.69 Å². The van der Waals surface area contributed by atoms with Crippen LogP contribution in [0, 0.1) is 0 Å². The van der Waals surface area contributed by atoms with Gasteiger partial charge >= 0.3 is 0 Å². The molecule has 2 aromatic rings. The second kappa shape index (κ2) is 10.0. The van der Waals surface area contributed by atoms with Crippen molar-refractivity contribution in [3.05, 3.63) is 41.7 Å². The third kappa shape index (κ3) is 6.29. The molecule has 1 saturated heterocycles. The highest BCUT2D eigenvalue weighted by Crippen LogP contribution is 2.21. The number of hydrogen-bond acceptors (Lipinski definition) is 6. The topological polar surface area (TPSA) is 89.4 Å². The number of hydrogen-bond donors (Lipinski definition) is 2. The van der Waals surface area contributed by atoms with Crippen LogP contribution in [0.3, 0.4) is 0 Å². The van der Waals surface area contributed by atoms with Crippen LogP contribution in [-0.4, -0.2) is 57.0 Å². The Balaban J connectivity index is 1.36. The number of likely N-dealkylation sites (N-methyl/N-ethyl adjacent to an activating group) is 1. The minimum absolute atomic E-state index is 0.102. The summed E-state index contributed by atoms with van der Waals surface area (Å²) >= 11 is 0. The first kappa shape index (κ1) is 20.8. The zero-order valence-corrected chi connectivity index (χ0v) is 17.0. The maximum atomic E-state index is 9.79. The molecule has 28 heavy (non-hydrogen) atoms. The molecule has 154 valence electrons. The molecule has 0 amide bonds. The van der Waals surface area contributed by atoms with Gasteiger partial charge in [-0.05, 0) is 57.4 Å². The highest BCUT2D eigenvalue weighted by Gasteiger charge is 2.28. The highest BCUT2D eigenvalue weighted by atomic mass is 16.6. The number of nitrogens with two attached hydrogens (primary N) is 1. The molecule has 0 radical (unpaired) electrons. The third-order valence-corrected chi connectivity index (χ3v) is 5.48. The summed E-state index contributed by atoms with van der Waals surface area (Å²) < 4.78 is 7.35. The van der Waals surface area contributed by atoms with E-state index in [4.69, 9.17) is 10.5 Å². The smallest absolute Gasteiger partial charge is 0.156 e. The molecule has 3 atom stereocenters. The number of unbranched alkanes of at least 4 members (excludes halogenated alkanes) is 1. The summed E-state index contributed by atoms with van der Waals surface area (Å²) in [5.74, 6) is 0. The summed E-state index contributed by atoms with van der Waals surface area (Å²) in [5.41, 5.74) is 8.87. The Morgan fingerprint density at radius 1 is 1.21 bits per heavy atom. The van der Waals surface area contributed by atoms with Crippen LogP contribution >= 0.6 is 0 Å². The van der Waals surface area contributed by atoms with Gasteiger partial charge in [0, 0.05) is 43.9 Å². The van der Waals surface area contributed by atoms with Gasteiger partial charge in [-0.1, -0.05) is 17.3 Å². The largest absolute Gasteiger partial charge is 0.399 e. The molecule has 1 aromatic heterocycles. The van der Waals surface area contributed by atoms with Gasteiger partial charge in [-0.15, -0.1) is 5.10 Å². The number of rotatable bonds is 9. The third-order valence-electron chi connectivity index (χ3n) is 5.48. The Morgan fingerprint density at radius 2 is 2.00 bits per heavy atom. The number of nitrogen functional groups attached to an aromatic ring is 1. The predicted octanol–water partition coefficient (Wildman–Crippen LogP) is 2.24. The first-order chi connectivity index (χ1) is 13.5. The molecule has 0 bridgehead atoms. The van der Waals surface area contributed by atoms with Crippen molar-refractivity contribution in [2.45, 2.75) is 70.4 Å². The van der Waals surface area contributed by atoms with E-state index in [9.17, 15) is 5.11 Å². The van der Waals surface area contributed by atoms with Crippen LogP contribution < -0.4 is 5.73 Å². The molecule has 0 saturated carbocycles. The minimum atomic E-state index is -0.648. The standard InChI is InChI=1S/C21H33N5O2/c1-16-13-20(14-21(27)28-16)25(2)12-10-19-15-26(24-23-19)11-4-3-5-17-6-8-18(22)9-7-17/h6-9,15-16,20-21,27H,3-5,10-14,22H2,1-2H3/t16-,20+,21-/m1/s1. The molecule has 1 aromatic carbocycles. The molecule has 3 N–H and O–H groups in total. The van der Waals surface area contributed by atoms with E-state index in [2.05, 4.69) is 40.6 Å². The average molecular weight is 388 g/mol. The average Bonchev–Trinajstić information content (AvgIpc) is 3.12. The number of aliphatic hydroxyl groups excluding tert-OH is 1. The molecule has 7 nitrogen and oxygen atoms in total. The zero-order valence-electron chi connectivity index (χ0n) is 17.0. The van der Waals surface area contributed by atoms with Crippen LogP contribution in [0.15, 0.2) is 30.5 Å². The van der Waals surface area contributed by atoms with Crippen LogP contribution in [-0.2, 0) is 24.1 Å². The maximum absolute atomic E-state index is 9.79. The summed E-state index contributed by atoms with van der Waals surface area (Å²) in [5, 5.41) is 18.4. The van der Waals surface area contributed by atoms with E-state index < -0.39 is 6.29 Å². The van der Waals surface area contributed by atoms with E-state index in [1.807, 2.05) is 23.7 Å². The van der Waals surface area contributed by atoms with Crippen molar-refractivity contribution in [3.8, 4) is 0 Å². The molecule has 3 rings (SSSR count). The minimum Gasteiger partial charge on any atom is -0.399 e. The van der Waals surface area contributed by atoms with Crippen molar-refractivity contribution in [2.75, 3.05) is 19.3 Å². The van der Waals surface area contributed by atoms with Crippen LogP contribution in [0.5, 0.6) is 0 Å². The summed E-state index contributed by atoms with van der Waals surface area (Å²) in [6.45, 7) is 3.81. The molecule has 2 heterocycles. The molecular formula is C21H33N5O2. The van der Waals surface area contributed by atoms with Gasteiger partial charge in [0.15, 0.2) is 6.29 Å². The fourth-order valence-corrected chi connectivity index (χ4v) is 3.77. The molecule has 1 fully saturated rings. The van der Waals surface area contributed by atoms with Gasteiger partial charge in [0.05, 0.1) is 11.8 Å².